The smallest absolute Gasteiger partial charge is 0.245 e. The Morgan fingerprint density at radius 1 is 1.02 bits per heavy atom. The first kappa shape index (κ1) is 26.8. The summed E-state index contributed by atoms with van der Waals surface area (Å²) in [5.74, 6) is 3.28. The van der Waals surface area contributed by atoms with Crippen molar-refractivity contribution < 1.29 is 9.53 Å². The number of rotatable bonds is 3. The molecule has 0 spiro atoms. The number of fused-ring (bicyclic) bond motifs is 6. The molecule has 230 valence electrons. The van der Waals surface area contributed by atoms with Crippen LogP contribution >= 0.6 is 0 Å². The van der Waals surface area contributed by atoms with Gasteiger partial charge in [-0.1, -0.05) is 18.2 Å². The maximum atomic E-state index is 14.3. The van der Waals surface area contributed by atoms with Gasteiger partial charge in [-0.05, 0) is 56.7 Å². The molecule has 3 aliphatic carbocycles. The predicted octanol–water partition coefficient (Wildman–Crippen LogP) is 3.60. The molecule has 4 fully saturated rings. The fourth-order valence-corrected chi connectivity index (χ4v) is 8.17. The van der Waals surface area contributed by atoms with Crippen molar-refractivity contribution in [2.45, 2.75) is 62.9 Å². The SMILES string of the molecule is COC1CN(C)C(=O)[C@@H]2C[C@@H](CN2c2ncnc3c2cnn3C23CC(C2)C3)Nc2cccc(n2)-c2cccc3nc(C)n(c23)C1. The number of imidazole rings is 1. The number of amides is 1. The van der Waals surface area contributed by atoms with Gasteiger partial charge in [0, 0.05) is 38.9 Å². The van der Waals surface area contributed by atoms with Crippen LogP contribution in [0.5, 0.6) is 0 Å². The van der Waals surface area contributed by atoms with Gasteiger partial charge in [-0.2, -0.15) is 5.10 Å². The first-order chi connectivity index (χ1) is 21.9. The summed E-state index contributed by atoms with van der Waals surface area (Å²) in [5, 5.41) is 9.37. The molecule has 10 rings (SSSR count). The van der Waals surface area contributed by atoms with Gasteiger partial charge in [0.2, 0.25) is 5.91 Å². The van der Waals surface area contributed by atoms with Gasteiger partial charge in [-0.15, -0.1) is 0 Å². The van der Waals surface area contributed by atoms with E-state index in [2.05, 4.69) is 30.5 Å². The number of aryl methyl sites for hydroxylation is 1. The van der Waals surface area contributed by atoms with E-state index in [-0.39, 0.29) is 23.6 Å². The Kier molecular flexibility index (Phi) is 5.78. The topological polar surface area (TPSA) is 119 Å². The van der Waals surface area contributed by atoms with Crippen molar-refractivity contribution in [1.82, 2.24) is 39.2 Å². The van der Waals surface area contributed by atoms with Crippen molar-refractivity contribution in [3.05, 3.63) is 54.7 Å². The summed E-state index contributed by atoms with van der Waals surface area (Å²) in [5.41, 5.74) is 4.78. The number of ether oxygens (including phenoxy) is 1. The molecular formula is C33H36N10O2. The lowest BCUT2D eigenvalue weighted by atomic mass is 9.50. The largest absolute Gasteiger partial charge is 0.378 e. The molecule has 4 aromatic heterocycles. The summed E-state index contributed by atoms with van der Waals surface area (Å²) in [6.07, 6.45) is 7.39. The number of benzene rings is 1. The monoisotopic (exact) mass is 604 g/mol. The molecule has 3 saturated carbocycles. The fourth-order valence-electron chi connectivity index (χ4n) is 8.17. The number of aromatic nitrogens is 7. The molecule has 12 heteroatoms. The molecule has 1 N–H and O–H groups in total. The Labute approximate surface area is 260 Å². The van der Waals surface area contributed by atoms with Crippen LogP contribution in [0.2, 0.25) is 0 Å². The molecule has 2 aliphatic heterocycles. The molecule has 6 heterocycles. The third-order valence-electron chi connectivity index (χ3n) is 10.6. The van der Waals surface area contributed by atoms with Crippen molar-refractivity contribution in [1.29, 1.82) is 0 Å². The van der Waals surface area contributed by atoms with E-state index in [1.807, 2.05) is 55.4 Å². The van der Waals surface area contributed by atoms with Crippen LogP contribution in [-0.2, 0) is 21.6 Å². The van der Waals surface area contributed by atoms with Crippen molar-refractivity contribution in [2.24, 2.45) is 5.92 Å². The average molecular weight is 605 g/mol. The first-order valence-electron chi connectivity index (χ1n) is 15.8. The maximum absolute atomic E-state index is 14.3. The molecule has 12 nitrogen and oxygen atoms in total. The maximum Gasteiger partial charge on any atom is 0.245 e. The van der Waals surface area contributed by atoms with Crippen LogP contribution in [0.4, 0.5) is 11.6 Å². The molecule has 1 unspecified atom stereocenters. The number of anilines is 2. The summed E-state index contributed by atoms with van der Waals surface area (Å²) in [4.78, 5) is 37.7. The van der Waals surface area contributed by atoms with Gasteiger partial charge >= 0.3 is 0 Å². The van der Waals surface area contributed by atoms with Gasteiger partial charge < -0.3 is 24.4 Å². The molecular weight excluding hydrogens is 568 g/mol. The van der Waals surface area contributed by atoms with Gasteiger partial charge in [0.05, 0.1) is 46.5 Å². The number of para-hydroxylation sites is 1. The lowest BCUT2D eigenvalue weighted by molar-refractivity contribution is -0.132. The molecule has 1 aromatic carbocycles. The molecule has 5 aromatic rings. The molecule has 45 heavy (non-hydrogen) atoms. The van der Waals surface area contributed by atoms with Crippen LogP contribution < -0.4 is 10.2 Å². The quantitative estimate of drug-likeness (QED) is 0.330. The minimum atomic E-state index is -0.423. The van der Waals surface area contributed by atoms with E-state index in [1.54, 1.807) is 13.4 Å². The summed E-state index contributed by atoms with van der Waals surface area (Å²) in [6.45, 7) is 3.60. The fraction of sp³-hybridized carbons (Fsp3) is 0.455. The number of hydrogen-bond acceptors (Lipinski definition) is 9. The van der Waals surface area contributed by atoms with Crippen LogP contribution in [0.25, 0.3) is 33.3 Å². The van der Waals surface area contributed by atoms with E-state index in [9.17, 15) is 4.79 Å². The summed E-state index contributed by atoms with van der Waals surface area (Å²) >= 11 is 0. The second-order valence-electron chi connectivity index (χ2n) is 13.4. The highest BCUT2D eigenvalue weighted by atomic mass is 16.5. The number of carbonyl (C=O) groups is 1. The van der Waals surface area contributed by atoms with Crippen molar-refractivity contribution in [2.75, 3.05) is 37.5 Å². The Morgan fingerprint density at radius 2 is 1.87 bits per heavy atom. The standard InChI is InChI=1S/C33H36N10O2/c1-19-37-26-8-4-6-23-25-7-5-9-28(39-25)38-21-10-27(32(44)40(2)16-22(45-3)17-41(19)29(23)26)42(15-21)30-24-14-36-43(31(24)35-18-34-30)33-11-20(12-33)13-33/h4-9,14,18,20-22,27H,10-13,15-17H2,1-3H3,(H,38,39)/t20?,21-,22?,27-,33?/m0/s1. The van der Waals surface area contributed by atoms with Gasteiger partial charge in [0.15, 0.2) is 5.65 Å². The number of nitrogens with zero attached hydrogens (tertiary/aromatic N) is 9. The zero-order valence-corrected chi connectivity index (χ0v) is 25.7. The van der Waals surface area contributed by atoms with E-state index < -0.39 is 6.04 Å². The molecule has 6 bridgehead atoms. The lowest BCUT2D eigenvalue weighted by Gasteiger charge is -2.61. The number of methoxy groups -OCH3 is 1. The minimum Gasteiger partial charge on any atom is -0.378 e. The Bertz CT molecular complexity index is 1970. The lowest BCUT2D eigenvalue weighted by Crippen LogP contribution is -2.59. The highest BCUT2D eigenvalue weighted by Gasteiger charge is 2.59. The second-order valence-corrected chi connectivity index (χ2v) is 13.4. The van der Waals surface area contributed by atoms with Gasteiger partial charge in [0.1, 0.15) is 29.8 Å². The summed E-state index contributed by atoms with van der Waals surface area (Å²) in [6, 6.07) is 11.8. The molecule has 1 amide bonds. The minimum absolute atomic E-state index is 0.0281. The second kappa shape index (κ2) is 9.71. The van der Waals surface area contributed by atoms with Crippen molar-refractivity contribution >= 4 is 39.6 Å². The van der Waals surface area contributed by atoms with E-state index in [4.69, 9.17) is 24.8 Å². The van der Waals surface area contributed by atoms with Gasteiger partial charge in [-0.3, -0.25) is 4.79 Å². The van der Waals surface area contributed by atoms with E-state index in [0.29, 0.717) is 26.1 Å². The van der Waals surface area contributed by atoms with Crippen molar-refractivity contribution in [3.63, 3.8) is 0 Å². The van der Waals surface area contributed by atoms with Crippen LogP contribution in [0.3, 0.4) is 0 Å². The highest BCUT2D eigenvalue weighted by Crippen LogP contribution is 2.62. The molecule has 0 radical (unpaired) electrons. The number of pyridine rings is 1. The van der Waals surface area contributed by atoms with E-state index >= 15 is 0 Å². The number of nitrogens with one attached hydrogen (secondary N) is 1. The Hall–Kier alpha value is -4.58. The Balaban J connectivity index is 1.13. The molecule has 3 atom stereocenters. The highest BCUT2D eigenvalue weighted by molar-refractivity contribution is 5.93. The van der Waals surface area contributed by atoms with Crippen molar-refractivity contribution in [3.8, 4) is 11.3 Å². The summed E-state index contributed by atoms with van der Waals surface area (Å²) in [7, 11) is 3.58. The van der Waals surface area contributed by atoms with E-state index in [1.165, 1.54) is 19.3 Å². The normalized spacial score (nSPS) is 27.6. The summed E-state index contributed by atoms with van der Waals surface area (Å²) < 4.78 is 10.3. The third kappa shape index (κ3) is 4.00. The van der Waals surface area contributed by atoms with Gasteiger partial charge in [0.25, 0.3) is 0 Å². The van der Waals surface area contributed by atoms with Crippen LogP contribution in [0.15, 0.2) is 48.9 Å². The van der Waals surface area contributed by atoms with E-state index in [0.717, 1.165) is 56.7 Å². The number of carbonyl (C=O) groups excluding carboxylic acids is 1. The van der Waals surface area contributed by atoms with Gasteiger partial charge in [-0.25, -0.2) is 24.6 Å². The zero-order valence-electron chi connectivity index (χ0n) is 25.7. The average Bonchev–Trinajstić information content (AvgIpc) is 3.70. The van der Waals surface area contributed by atoms with Crippen LogP contribution in [0, 0.1) is 12.8 Å². The predicted molar refractivity (Wildman–Crippen MR) is 170 cm³/mol. The number of likely N-dealkylation sites (N-methyl/N-ethyl adjacent to an activating group) is 1. The molecule has 1 saturated heterocycles. The third-order valence-corrected chi connectivity index (χ3v) is 10.6. The Morgan fingerprint density at radius 3 is 2.67 bits per heavy atom. The molecule has 5 aliphatic rings. The first-order valence-corrected chi connectivity index (χ1v) is 15.8. The zero-order chi connectivity index (χ0) is 30.4. The van der Waals surface area contributed by atoms with Crippen LogP contribution in [0.1, 0.15) is 31.5 Å². The number of hydrogen-bond donors (Lipinski definition) is 1. The van der Waals surface area contributed by atoms with Crippen LogP contribution in [-0.4, -0.2) is 90.5 Å².